The average molecular weight is 304 g/mol. The van der Waals surface area contributed by atoms with E-state index in [9.17, 15) is 4.79 Å². The minimum atomic E-state index is -0.473. The van der Waals surface area contributed by atoms with Gasteiger partial charge in [0.25, 0.3) is 5.91 Å². The summed E-state index contributed by atoms with van der Waals surface area (Å²) in [6.07, 6.45) is 1.26. The summed E-state index contributed by atoms with van der Waals surface area (Å²) in [5, 5.41) is 0. The van der Waals surface area contributed by atoms with Crippen molar-refractivity contribution in [3.05, 3.63) is 29.8 Å². The molecule has 2 rings (SSSR count). The summed E-state index contributed by atoms with van der Waals surface area (Å²) < 4.78 is 5.87. The molecule has 1 aliphatic heterocycles. The molecule has 0 aromatic heterocycles. The Labute approximate surface area is 133 Å². The summed E-state index contributed by atoms with van der Waals surface area (Å²) in [5.74, 6) is 1.25. The molecule has 1 fully saturated rings. The lowest BCUT2D eigenvalue weighted by Crippen LogP contribution is -2.51. The van der Waals surface area contributed by atoms with E-state index in [1.54, 1.807) is 0 Å². The SMILES string of the molecule is CC(Oc1cccc(C(C)C)c1)C(=O)N1CCC(N)CC1C. The molecular formula is C18H28N2O2. The van der Waals surface area contributed by atoms with Gasteiger partial charge in [0, 0.05) is 18.6 Å². The van der Waals surface area contributed by atoms with E-state index in [0.29, 0.717) is 5.92 Å². The van der Waals surface area contributed by atoms with Crippen LogP contribution in [0.2, 0.25) is 0 Å². The Balaban J connectivity index is 2.01. The van der Waals surface area contributed by atoms with Crippen LogP contribution in [-0.4, -0.2) is 35.5 Å². The predicted octanol–water partition coefficient (Wildman–Crippen LogP) is 2.92. The van der Waals surface area contributed by atoms with E-state index in [4.69, 9.17) is 10.5 Å². The summed E-state index contributed by atoms with van der Waals surface area (Å²) in [6, 6.07) is 8.37. The zero-order valence-electron chi connectivity index (χ0n) is 14.1. The number of hydrogen-bond donors (Lipinski definition) is 1. The van der Waals surface area contributed by atoms with Crippen molar-refractivity contribution in [2.45, 2.75) is 64.6 Å². The van der Waals surface area contributed by atoms with E-state index < -0.39 is 6.10 Å². The van der Waals surface area contributed by atoms with Crippen LogP contribution in [0.3, 0.4) is 0 Å². The van der Waals surface area contributed by atoms with Gasteiger partial charge in [0.15, 0.2) is 6.10 Å². The van der Waals surface area contributed by atoms with Gasteiger partial charge in [-0.25, -0.2) is 0 Å². The number of hydrogen-bond acceptors (Lipinski definition) is 3. The summed E-state index contributed by atoms with van der Waals surface area (Å²) in [7, 11) is 0. The van der Waals surface area contributed by atoms with Gasteiger partial charge in [-0.2, -0.15) is 0 Å². The van der Waals surface area contributed by atoms with Gasteiger partial charge in [-0.15, -0.1) is 0 Å². The zero-order chi connectivity index (χ0) is 16.3. The number of carbonyl (C=O) groups is 1. The average Bonchev–Trinajstić information content (AvgIpc) is 2.46. The third-order valence-corrected chi connectivity index (χ3v) is 4.39. The number of ether oxygens (including phenoxy) is 1. The highest BCUT2D eigenvalue weighted by Gasteiger charge is 2.30. The maximum Gasteiger partial charge on any atom is 0.263 e. The van der Waals surface area contributed by atoms with Crippen LogP contribution in [0.5, 0.6) is 5.75 Å². The number of piperidine rings is 1. The first-order chi connectivity index (χ1) is 10.4. The third kappa shape index (κ3) is 4.01. The van der Waals surface area contributed by atoms with Crippen molar-refractivity contribution in [1.29, 1.82) is 0 Å². The van der Waals surface area contributed by atoms with Crippen LogP contribution in [0.25, 0.3) is 0 Å². The Morgan fingerprint density at radius 1 is 1.36 bits per heavy atom. The number of benzene rings is 1. The molecule has 1 amide bonds. The molecule has 3 atom stereocenters. The molecule has 1 saturated heterocycles. The van der Waals surface area contributed by atoms with Gasteiger partial charge in [-0.05, 0) is 50.3 Å². The second kappa shape index (κ2) is 7.14. The molecule has 22 heavy (non-hydrogen) atoms. The molecule has 1 heterocycles. The van der Waals surface area contributed by atoms with E-state index in [1.807, 2.05) is 30.0 Å². The van der Waals surface area contributed by atoms with Crippen LogP contribution < -0.4 is 10.5 Å². The molecule has 0 spiro atoms. The van der Waals surface area contributed by atoms with E-state index in [0.717, 1.165) is 25.1 Å². The molecule has 122 valence electrons. The van der Waals surface area contributed by atoms with Crippen molar-refractivity contribution in [2.24, 2.45) is 5.73 Å². The number of nitrogens with two attached hydrogens (primary N) is 1. The van der Waals surface area contributed by atoms with Gasteiger partial charge in [0.1, 0.15) is 5.75 Å². The van der Waals surface area contributed by atoms with E-state index in [2.05, 4.69) is 26.8 Å². The van der Waals surface area contributed by atoms with Crippen molar-refractivity contribution in [2.75, 3.05) is 6.54 Å². The second-order valence-electron chi connectivity index (χ2n) is 6.65. The summed E-state index contributed by atoms with van der Waals surface area (Å²) in [5.41, 5.74) is 7.18. The van der Waals surface area contributed by atoms with Crippen molar-refractivity contribution < 1.29 is 9.53 Å². The monoisotopic (exact) mass is 304 g/mol. The van der Waals surface area contributed by atoms with Gasteiger partial charge < -0.3 is 15.4 Å². The third-order valence-electron chi connectivity index (χ3n) is 4.39. The molecule has 4 nitrogen and oxygen atoms in total. The summed E-state index contributed by atoms with van der Waals surface area (Å²) in [6.45, 7) is 8.90. The van der Waals surface area contributed by atoms with Gasteiger partial charge >= 0.3 is 0 Å². The first-order valence-electron chi connectivity index (χ1n) is 8.21. The van der Waals surface area contributed by atoms with E-state index in [1.165, 1.54) is 5.56 Å². The molecule has 1 aliphatic rings. The fourth-order valence-corrected chi connectivity index (χ4v) is 2.97. The van der Waals surface area contributed by atoms with E-state index in [-0.39, 0.29) is 18.0 Å². The number of rotatable bonds is 4. The highest BCUT2D eigenvalue weighted by molar-refractivity contribution is 5.81. The molecule has 2 N–H and O–H groups in total. The minimum absolute atomic E-state index is 0.0503. The highest BCUT2D eigenvalue weighted by atomic mass is 16.5. The van der Waals surface area contributed by atoms with Crippen molar-refractivity contribution in [3.63, 3.8) is 0 Å². The Kier molecular flexibility index (Phi) is 5.46. The molecule has 0 saturated carbocycles. The second-order valence-corrected chi connectivity index (χ2v) is 6.65. The highest BCUT2D eigenvalue weighted by Crippen LogP contribution is 2.22. The van der Waals surface area contributed by atoms with Crippen LogP contribution in [0.15, 0.2) is 24.3 Å². The predicted molar refractivity (Wildman–Crippen MR) is 89.0 cm³/mol. The van der Waals surface area contributed by atoms with Crippen molar-refractivity contribution in [3.8, 4) is 5.75 Å². The smallest absolute Gasteiger partial charge is 0.263 e. The van der Waals surface area contributed by atoms with E-state index >= 15 is 0 Å². The Morgan fingerprint density at radius 2 is 2.09 bits per heavy atom. The molecule has 0 aliphatic carbocycles. The Hall–Kier alpha value is -1.55. The van der Waals surface area contributed by atoms with Gasteiger partial charge in [0.05, 0.1) is 0 Å². The van der Waals surface area contributed by atoms with Gasteiger partial charge in [-0.3, -0.25) is 4.79 Å². The maximum atomic E-state index is 12.6. The van der Waals surface area contributed by atoms with Crippen LogP contribution >= 0.6 is 0 Å². The lowest BCUT2D eigenvalue weighted by molar-refractivity contribution is -0.141. The lowest BCUT2D eigenvalue weighted by Gasteiger charge is -2.37. The Morgan fingerprint density at radius 3 is 2.73 bits per heavy atom. The molecule has 0 radical (unpaired) electrons. The molecule has 1 aromatic rings. The topological polar surface area (TPSA) is 55.6 Å². The fourth-order valence-electron chi connectivity index (χ4n) is 2.97. The minimum Gasteiger partial charge on any atom is -0.481 e. The maximum absolute atomic E-state index is 12.6. The molecule has 4 heteroatoms. The van der Waals surface area contributed by atoms with Crippen LogP contribution in [0, 0.1) is 0 Å². The largest absolute Gasteiger partial charge is 0.481 e. The van der Waals surface area contributed by atoms with Crippen molar-refractivity contribution >= 4 is 5.91 Å². The van der Waals surface area contributed by atoms with Gasteiger partial charge in [0.2, 0.25) is 0 Å². The lowest BCUT2D eigenvalue weighted by atomic mass is 9.98. The number of amides is 1. The fraction of sp³-hybridized carbons (Fsp3) is 0.611. The molecule has 0 bridgehead atoms. The first-order valence-corrected chi connectivity index (χ1v) is 8.21. The first kappa shape index (κ1) is 16.8. The molecular weight excluding hydrogens is 276 g/mol. The quantitative estimate of drug-likeness (QED) is 0.930. The Bertz CT molecular complexity index is 516. The normalized spacial score (nSPS) is 23.5. The van der Waals surface area contributed by atoms with Crippen molar-refractivity contribution in [1.82, 2.24) is 4.90 Å². The molecule has 3 unspecified atom stereocenters. The number of likely N-dealkylation sites (tertiary alicyclic amines) is 1. The molecule has 1 aromatic carbocycles. The zero-order valence-corrected chi connectivity index (χ0v) is 14.1. The summed E-state index contributed by atoms with van der Waals surface area (Å²) >= 11 is 0. The summed E-state index contributed by atoms with van der Waals surface area (Å²) in [4.78, 5) is 14.5. The van der Waals surface area contributed by atoms with Gasteiger partial charge in [-0.1, -0.05) is 26.0 Å². The number of carbonyl (C=O) groups excluding carboxylic acids is 1. The number of nitrogens with zero attached hydrogens (tertiary/aromatic N) is 1. The standard InChI is InChI=1S/C18H28N2O2/c1-12(2)15-6-5-7-17(11-15)22-14(4)18(21)20-9-8-16(19)10-13(20)3/h5-7,11-14,16H,8-10,19H2,1-4H3. The van der Waals surface area contributed by atoms with Crippen LogP contribution in [-0.2, 0) is 4.79 Å². The van der Waals surface area contributed by atoms with Crippen LogP contribution in [0.4, 0.5) is 0 Å². The van der Waals surface area contributed by atoms with Crippen LogP contribution in [0.1, 0.15) is 52.0 Å².